The molecule has 2 atom stereocenters. The Kier molecular flexibility index (Phi) is 12.5. The van der Waals surface area contributed by atoms with E-state index in [-0.39, 0.29) is 11.8 Å². The standard InChI is InChI=1S/C19H29N3O3.C14H21N3O/c1-19(2,3)22(18(24)25)16(14-15-8-6-5-7-9-15)17(23)21-12-10-20(4)11-13-21;1-16-7-9-17(10-8-16)14(18)13(15)11-12-5-3-2-4-6-12/h5-9,16H,10-14H2,1-4H3,(H,24,25);2-6,13H,7-11,15H2,1H3/t16-;13-/m00/s1. The summed E-state index contributed by atoms with van der Waals surface area (Å²) in [5.74, 6) is -0.0266. The third kappa shape index (κ3) is 10.3. The van der Waals surface area contributed by atoms with E-state index in [2.05, 4.69) is 16.8 Å². The first-order chi connectivity index (χ1) is 20.4. The fraction of sp³-hybridized carbons (Fsp3) is 0.545. The molecule has 2 aromatic carbocycles. The molecule has 2 aliphatic heterocycles. The minimum Gasteiger partial charge on any atom is -0.465 e. The van der Waals surface area contributed by atoms with Crippen LogP contribution >= 0.6 is 0 Å². The van der Waals surface area contributed by atoms with Gasteiger partial charge in [0.1, 0.15) is 6.04 Å². The van der Waals surface area contributed by atoms with Crippen LogP contribution in [0.5, 0.6) is 0 Å². The topological polar surface area (TPSA) is 114 Å². The van der Waals surface area contributed by atoms with Crippen molar-refractivity contribution in [2.75, 3.05) is 66.5 Å². The molecule has 3 amide bonds. The van der Waals surface area contributed by atoms with Crippen LogP contribution in [-0.4, -0.2) is 132 Å². The van der Waals surface area contributed by atoms with Crippen molar-refractivity contribution in [3.63, 3.8) is 0 Å². The number of carbonyl (C=O) groups is 3. The van der Waals surface area contributed by atoms with Crippen molar-refractivity contribution in [2.24, 2.45) is 5.73 Å². The summed E-state index contributed by atoms with van der Waals surface area (Å²) >= 11 is 0. The van der Waals surface area contributed by atoms with Crippen LogP contribution in [-0.2, 0) is 22.4 Å². The lowest BCUT2D eigenvalue weighted by Gasteiger charge is -2.42. The Bertz CT molecular complexity index is 1160. The van der Waals surface area contributed by atoms with E-state index in [1.807, 2.05) is 93.4 Å². The summed E-state index contributed by atoms with van der Waals surface area (Å²) in [6, 6.07) is 18.4. The molecule has 43 heavy (non-hydrogen) atoms. The van der Waals surface area contributed by atoms with Crippen molar-refractivity contribution in [1.29, 1.82) is 0 Å². The maximum absolute atomic E-state index is 13.2. The van der Waals surface area contributed by atoms with Gasteiger partial charge in [0.2, 0.25) is 11.8 Å². The molecule has 4 rings (SSSR count). The summed E-state index contributed by atoms with van der Waals surface area (Å²) in [4.78, 5) is 46.8. The number of hydrogen-bond acceptors (Lipinski definition) is 6. The minimum atomic E-state index is -1.06. The summed E-state index contributed by atoms with van der Waals surface area (Å²) in [6.07, 6.45) is -0.0578. The average Bonchev–Trinajstić information content (AvgIpc) is 2.97. The Hall–Kier alpha value is -3.47. The molecule has 2 heterocycles. The van der Waals surface area contributed by atoms with E-state index in [0.717, 1.165) is 50.4 Å². The first-order valence-corrected chi connectivity index (χ1v) is 15.2. The fourth-order valence-corrected chi connectivity index (χ4v) is 5.47. The Balaban J connectivity index is 0.000000248. The summed E-state index contributed by atoms with van der Waals surface area (Å²) < 4.78 is 0. The van der Waals surface area contributed by atoms with Crippen LogP contribution < -0.4 is 5.73 Å². The smallest absolute Gasteiger partial charge is 0.408 e. The van der Waals surface area contributed by atoms with Crippen LogP contribution in [0.15, 0.2) is 60.7 Å². The number of rotatable bonds is 7. The molecular formula is C33H50N6O4. The maximum Gasteiger partial charge on any atom is 0.408 e. The van der Waals surface area contributed by atoms with E-state index in [9.17, 15) is 19.5 Å². The third-order valence-electron chi connectivity index (χ3n) is 8.04. The average molecular weight is 595 g/mol. The van der Waals surface area contributed by atoms with Gasteiger partial charge in [-0.3, -0.25) is 14.5 Å². The molecular weight excluding hydrogens is 544 g/mol. The SMILES string of the molecule is CN1CCN(C(=O)[C@@H](N)Cc2ccccc2)CC1.CN1CCN(C(=O)[C@H](Cc2ccccc2)N(C(=O)O)C(C)(C)C)CC1. The molecule has 0 bridgehead atoms. The lowest BCUT2D eigenvalue weighted by atomic mass is 9.97. The lowest BCUT2D eigenvalue weighted by molar-refractivity contribution is -0.139. The molecule has 236 valence electrons. The summed E-state index contributed by atoms with van der Waals surface area (Å²) in [7, 11) is 4.10. The molecule has 0 spiro atoms. The molecule has 0 radical (unpaired) electrons. The lowest BCUT2D eigenvalue weighted by Crippen LogP contribution is -2.60. The maximum atomic E-state index is 13.2. The van der Waals surface area contributed by atoms with Gasteiger partial charge in [-0.25, -0.2) is 4.79 Å². The number of piperazine rings is 2. The van der Waals surface area contributed by atoms with Gasteiger partial charge in [-0.15, -0.1) is 0 Å². The Labute approximate surface area is 257 Å². The quantitative estimate of drug-likeness (QED) is 0.507. The zero-order valence-electron chi connectivity index (χ0n) is 26.5. The highest BCUT2D eigenvalue weighted by molar-refractivity contribution is 5.86. The second kappa shape index (κ2) is 15.8. The van der Waals surface area contributed by atoms with Gasteiger partial charge in [0, 0.05) is 64.3 Å². The molecule has 3 N–H and O–H groups in total. The van der Waals surface area contributed by atoms with Gasteiger partial charge in [-0.1, -0.05) is 60.7 Å². The van der Waals surface area contributed by atoms with Gasteiger partial charge in [0.25, 0.3) is 0 Å². The Morgan fingerprint density at radius 3 is 1.51 bits per heavy atom. The van der Waals surface area contributed by atoms with E-state index in [1.54, 1.807) is 4.90 Å². The van der Waals surface area contributed by atoms with Gasteiger partial charge in [-0.05, 0) is 52.4 Å². The number of likely N-dealkylation sites (N-methyl/N-ethyl adjacent to an activating group) is 2. The van der Waals surface area contributed by atoms with E-state index in [0.29, 0.717) is 25.9 Å². The molecule has 2 fully saturated rings. The van der Waals surface area contributed by atoms with Crippen LogP contribution in [0.4, 0.5) is 4.79 Å². The summed E-state index contributed by atoms with van der Waals surface area (Å²) in [6.45, 7) is 11.8. The van der Waals surface area contributed by atoms with E-state index < -0.39 is 23.7 Å². The number of nitrogens with two attached hydrogens (primary N) is 1. The van der Waals surface area contributed by atoms with Crippen molar-refractivity contribution in [3.05, 3.63) is 71.8 Å². The molecule has 0 aromatic heterocycles. The summed E-state index contributed by atoms with van der Waals surface area (Å²) in [5.41, 5.74) is 7.43. The van der Waals surface area contributed by atoms with Gasteiger partial charge in [-0.2, -0.15) is 0 Å². The Morgan fingerprint density at radius 1 is 0.721 bits per heavy atom. The van der Waals surface area contributed by atoms with Gasteiger partial charge in [0.05, 0.1) is 6.04 Å². The molecule has 0 unspecified atom stereocenters. The van der Waals surface area contributed by atoms with Crippen molar-refractivity contribution in [2.45, 2.75) is 51.2 Å². The third-order valence-corrected chi connectivity index (χ3v) is 8.04. The molecule has 10 nitrogen and oxygen atoms in total. The largest absolute Gasteiger partial charge is 0.465 e. The van der Waals surface area contributed by atoms with Crippen molar-refractivity contribution in [1.82, 2.24) is 24.5 Å². The van der Waals surface area contributed by atoms with Crippen LogP contribution in [0, 0.1) is 0 Å². The fourth-order valence-electron chi connectivity index (χ4n) is 5.47. The number of carboxylic acid groups (broad SMARTS) is 1. The van der Waals surface area contributed by atoms with Crippen LogP contribution in [0.1, 0.15) is 31.9 Å². The van der Waals surface area contributed by atoms with Crippen molar-refractivity contribution >= 4 is 17.9 Å². The first kappa shape index (κ1) is 34.0. The predicted molar refractivity (Wildman–Crippen MR) is 170 cm³/mol. The molecule has 2 aliphatic rings. The van der Waals surface area contributed by atoms with Gasteiger partial charge in [0.15, 0.2) is 0 Å². The highest BCUT2D eigenvalue weighted by atomic mass is 16.4. The second-order valence-corrected chi connectivity index (χ2v) is 12.6. The number of carbonyl (C=O) groups excluding carboxylic acids is 2. The van der Waals surface area contributed by atoms with E-state index >= 15 is 0 Å². The van der Waals surface area contributed by atoms with E-state index in [4.69, 9.17) is 5.73 Å². The van der Waals surface area contributed by atoms with Crippen LogP contribution in [0.25, 0.3) is 0 Å². The molecule has 2 aromatic rings. The van der Waals surface area contributed by atoms with Crippen LogP contribution in [0.2, 0.25) is 0 Å². The zero-order chi connectivity index (χ0) is 31.6. The van der Waals surface area contributed by atoms with Gasteiger partial charge < -0.3 is 30.4 Å². The van der Waals surface area contributed by atoms with E-state index in [1.165, 1.54) is 4.90 Å². The predicted octanol–water partition coefficient (Wildman–Crippen LogP) is 2.48. The zero-order valence-corrected chi connectivity index (χ0v) is 26.5. The number of hydrogen-bond donors (Lipinski definition) is 2. The number of nitrogens with zero attached hydrogens (tertiary/aromatic N) is 5. The highest BCUT2D eigenvalue weighted by Gasteiger charge is 2.39. The number of amides is 3. The monoisotopic (exact) mass is 594 g/mol. The molecule has 0 aliphatic carbocycles. The van der Waals surface area contributed by atoms with Crippen molar-refractivity contribution < 1.29 is 19.5 Å². The molecule has 0 saturated carbocycles. The summed E-state index contributed by atoms with van der Waals surface area (Å²) in [5, 5.41) is 9.79. The molecule has 2 saturated heterocycles. The minimum absolute atomic E-state index is 0.0759. The number of benzene rings is 2. The highest BCUT2D eigenvalue weighted by Crippen LogP contribution is 2.22. The Morgan fingerprint density at radius 2 is 1.12 bits per heavy atom. The normalized spacial score (nSPS) is 17.8. The van der Waals surface area contributed by atoms with Crippen molar-refractivity contribution in [3.8, 4) is 0 Å². The van der Waals surface area contributed by atoms with Gasteiger partial charge >= 0.3 is 6.09 Å². The second-order valence-electron chi connectivity index (χ2n) is 12.6. The molecule has 10 heteroatoms. The first-order valence-electron chi connectivity index (χ1n) is 15.2. The van der Waals surface area contributed by atoms with Crippen LogP contribution in [0.3, 0.4) is 0 Å².